The van der Waals surface area contributed by atoms with Crippen molar-refractivity contribution in [1.82, 2.24) is 5.16 Å². The number of fused-ring (bicyclic) bond motifs is 1. The summed E-state index contributed by atoms with van der Waals surface area (Å²) in [5.41, 5.74) is 5.33. The number of hydrazine groups is 1. The first-order valence-corrected chi connectivity index (χ1v) is 7.89. The number of halogens is 2. The van der Waals surface area contributed by atoms with E-state index in [9.17, 15) is 17.2 Å². The predicted octanol–water partition coefficient (Wildman–Crippen LogP) is 1.26. The maximum atomic E-state index is 13.1. The van der Waals surface area contributed by atoms with Crippen molar-refractivity contribution in [3.63, 3.8) is 0 Å². The van der Waals surface area contributed by atoms with Crippen LogP contribution in [0.2, 0.25) is 0 Å². The van der Waals surface area contributed by atoms with Gasteiger partial charge in [0.1, 0.15) is 5.69 Å². The number of sulfonamides is 1. The molecule has 0 fully saturated rings. The third kappa shape index (κ3) is 2.39. The molecule has 0 spiro atoms. The smallest absolute Gasteiger partial charge is 0.397 e. The first-order valence-electron chi connectivity index (χ1n) is 6.45. The molecule has 2 heterocycles. The SMILES string of the molecule is Cc1noc(C)c1S(=O)(=O)N(N)c1cc2c(cc1N)OC(F)(F)O2. The Morgan fingerprint density at radius 3 is 2.33 bits per heavy atom. The molecule has 0 unspecified atom stereocenters. The van der Waals surface area contributed by atoms with E-state index in [2.05, 4.69) is 14.6 Å². The molecule has 12 heteroatoms. The lowest BCUT2D eigenvalue weighted by molar-refractivity contribution is -0.286. The quantitative estimate of drug-likeness (QED) is 0.473. The fourth-order valence-corrected chi connectivity index (χ4v) is 3.69. The van der Waals surface area contributed by atoms with Crippen molar-refractivity contribution in [2.75, 3.05) is 10.1 Å². The monoisotopic (exact) mass is 362 g/mol. The van der Waals surface area contributed by atoms with Crippen LogP contribution < -0.4 is 25.5 Å². The number of anilines is 2. The van der Waals surface area contributed by atoms with E-state index in [1.807, 2.05) is 0 Å². The Kier molecular flexibility index (Phi) is 3.35. The Bertz CT molecular complexity index is 908. The van der Waals surface area contributed by atoms with Gasteiger partial charge in [0, 0.05) is 12.1 Å². The van der Waals surface area contributed by atoms with Gasteiger partial charge in [-0.25, -0.2) is 5.84 Å². The van der Waals surface area contributed by atoms with Crippen LogP contribution in [-0.2, 0) is 10.0 Å². The molecular formula is C12H12F2N4O5S. The number of alkyl halides is 2. The molecule has 0 saturated heterocycles. The fraction of sp³-hybridized carbons (Fsp3) is 0.250. The van der Waals surface area contributed by atoms with E-state index in [0.29, 0.717) is 4.41 Å². The van der Waals surface area contributed by atoms with Crippen molar-refractivity contribution in [3.8, 4) is 11.5 Å². The number of aryl methyl sites for hydroxylation is 2. The predicted molar refractivity (Wildman–Crippen MR) is 76.9 cm³/mol. The van der Waals surface area contributed by atoms with Crippen LogP contribution in [0.25, 0.3) is 0 Å². The number of nitrogens with two attached hydrogens (primary N) is 2. The van der Waals surface area contributed by atoms with Crippen molar-refractivity contribution in [2.45, 2.75) is 25.0 Å². The van der Waals surface area contributed by atoms with Gasteiger partial charge in [-0.05, 0) is 13.8 Å². The summed E-state index contributed by atoms with van der Waals surface area (Å²) in [5.74, 6) is 4.97. The van der Waals surface area contributed by atoms with E-state index in [-0.39, 0.29) is 33.5 Å². The van der Waals surface area contributed by atoms with Gasteiger partial charge in [-0.2, -0.15) is 12.8 Å². The summed E-state index contributed by atoms with van der Waals surface area (Å²) in [5, 5.41) is 3.55. The Hall–Kier alpha value is -2.60. The zero-order valence-electron chi connectivity index (χ0n) is 12.4. The number of nitrogen functional groups attached to an aromatic ring is 1. The number of hydrogen-bond acceptors (Lipinski definition) is 8. The Morgan fingerprint density at radius 2 is 1.79 bits per heavy atom. The van der Waals surface area contributed by atoms with Crippen molar-refractivity contribution < 1.29 is 31.2 Å². The first-order chi connectivity index (χ1) is 11.0. The Labute approximate surface area is 134 Å². The second kappa shape index (κ2) is 4.95. The minimum Gasteiger partial charge on any atom is -0.397 e. The number of aromatic nitrogens is 1. The zero-order valence-corrected chi connectivity index (χ0v) is 13.2. The van der Waals surface area contributed by atoms with E-state index in [1.165, 1.54) is 13.8 Å². The molecule has 1 aliphatic rings. The fourth-order valence-electron chi connectivity index (χ4n) is 2.26. The minimum absolute atomic E-state index is 0.0220. The summed E-state index contributed by atoms with van der Waals surface area (Å²) >= 11 is 0. The Balaban J connectivity index is 2.07. The molecular weight excluding hydrogens is 350 g/mol. The zero-order chi connectivity index (χ0) is 17.9. The van der Waals surface area contributed by atoms with Gasteiger partial charge in [0.05, 0.1) is 11.4 Å². The van der Waals surface area contributed by atoms with Gasteiger partial charge in [0.2, 0.25) is 0 Å². The maximum absolute atomic E-state index is 13.1. The molecule has 1 aromatic heterocycles. The number of nitrogens with zero attached hydrogens (tertiary/aromatic N) is 2. The molecule has 0 radical (unpaired) electrons. The molecule has 1 aromatic carbocycles. The average molecular weight is 362 g/mol. The second-order valence-corrected chi connectivity index (χ2v) is 6.73. The molecule has 9 nitrogen and oxygen atoms in total. The number of hydrogen-bond donors (Lipinski definition) is 2. The molecule has 130 valence electrons. The highest BCUT2D eigenvalue weighted by molar-refractivity contribution is 7.92. The highest BCUT2D eigenvalue weighted by atomic mass is 32.2. The van der Waals surface area contributed by atoms with Gasteiger partial charge in [-0.3, -0.25) is 0 Å². The molecule has 0 saturated carbocycles. The lowest BCUT2D eigenvalue weighted by Crippen LogP contribution is -2.38. The third-order valence-electron chi connectivity index (χ3n) is 3.27. The molecule has 0 amide bonds. The van der Waals surface area contributed by atoms with Gasteiger partial charge in [0.15, 0.2) is 22.2 Å². The molecule has 3 rings (SSSR count). The lowest BCUT2D eigenvalue weighted by atomic mass is 10.2. The summed E-state index contributed by atoms with van der Waals surface area (Å²) in [7, 11) is -4.29. The first kappa shape index (κ1) is 16.3. The number of rotatable bonds is 3. The van der Waals surface area contributed by atoms with Crippen LogP contribution in [-0.4, -0.2) is 19.9 Å². The van der Waals surface area contributed by atoms with Crippen LogP contribution in [0, 0.1) is 13.8 Å². The summed E-state index contributed by atoms with van der Waals surface area (Å²) in [4.78, 5) is -0.243. The second-order valence-electron chi connectivity index (χ2n) is 4.98. The van der Waals surface area contributed by atoms with Gasteiger partial charge in [-0.15, -0.1) is 8.78 Å². The van der Waals surface area contributed by atoms with Crippen molar-refractivity contribution in [1.29, 1.82) is 0 Å². The molecule has 1 aliphatic heterocycles. The van der Waals surface area contributed by atoms with Crippen molar-refractivity contribution in [2.24, 2.45) is 5.84 Å². The molecule has 0 bridgehead atoms. The van der Waals surface area contributed by atoms with E-state index in [0.717, 1.165) is 12.1 Å². The van der Waals surface area contributed by atoms with Crippen LogP contribution >= 0.6 is 0 Å². The van der Waals surface area contributed by atoms with Crippen LogP contribution in [0.3, 0.4) is 0 Å². The third-order valence-corrected chi connectivity index (χ3v) is 5.09. The van der Waals surface area contributed by atoms with Gasteiger partial charge >= 0.3 is 6.29 Å². The topological polar surface area (TPSA) is 134 Å². The van der Waals surface area contributed by atoms with Gasteiger partial charge in [0.25, 0.3) is 10.0 Å². The molecule has 0 atom stereocenters. The van der Waals surface area contributed by atoms with Crippen molar-refractivity contribution in [3.05, 3.63) is 23.6 Å². The summed E-state index contributed by atoms with van der Waals surface area (Å²) in [6.07, 6.45) is -3.87. The molecule has 2 aromatic rings. The Morgan fingerprint density at radius 1 is 1.21 bits per heavy atom. The van der Waals surface area contributed by atoms with Crippen LogP contribution in [0.5, 0.6) is 11.5 Å². The molecule has 24 heavy (non-hydrogen) atoms. The number of benzene rings is 1. The van der Waals surface area contributed by atoms with E-state index < -0.39 is 22.1 Å². The van der Waals surface area contributed by atoms with E-state index >= 15 is 0 Å². The maximum Gasteiger partial charge on any atom is 0.586 e. The van der Waals surface area contributed by atoms with E-state index in [1.54, 1.807) is 0 Å². The minimum atomic E-state index is -4.29. The van der Waals surface area contributed by atoms with Crippen LogP contribution in [0.1, 0.15) is 11.5 Å². The van der Waals surface area contributed by atoms with Gasteiger partial charge in [-0.1, -0.05) is 5.16 Å². The van der Waals surface area contributed by atoms with E-state index in [4.69, 9.17) is 16.1 Å². The highest BCUT2D eigenvalue weighted by Crippen LogP contribution is 2.45. The van der Waals surface area contributed by atoms with Gasteiger partial charge < -0.3 is 19.7 Å². The lowest BCUT2D eigenvalue weighted by Gasteiger charge is -2.20. The normalized spacial score (nSPS) is 15.5. The standard InChI is InChI=1S/C12H12F2N4O5S/c1-5-11(6(2)23-17-5)24(19,20)18(16)8-4-10-9(3-7(8)15)21-12(13,14)22-10/h3-4H,15-16H2,1-2H3. The summed E-state index contributed by atoms with van der Waals surface area (Å²) in [6, 6.07) is 1.94. The molecule has 4 N–H and O–H groups in total. The summed E-state index contributed by atoms with van der Waals surface area (Å²) < 4.78 is 65.1. The average Bonchev–Trinajstić information content (AvgIpc) is 2.94. The summed E-state index contributed by atoms with van der Waals surface area (Å²) in [6.45, 7) is 2.81. The molecule has 0 aliphatic carbocycles. The number of ether oxygens (including phenoxy) is 2. The van der Waals surface area contributed by atoms with Crippen LogP contribution in [0.15, 0.2) is 21.6 Å². The highest BCUT2D eigenvalue weighted by Gasteiger charge is 2.44. The van der Waals surface area contributed by atoms with Crippen LogP contribution in [0.4, 0.5) is 20.2 Å². The largest absolute Gasteiger partial charge is 0.586 e. The van der Waals surface area contributed by atoms with Crippen molar-refractivity contribution >= 4 is 21.4 Å².